The summed E-state index contributed by atoms with van der Waals surface area (Å²) in [7, 11) is 4.75. The van der Waals surface area contributed by atoms with Gasteiger partial charge in [0.05, 0.1) is 21.3 Å². The van der Waals surface area contributed by atoms with Gasteiger partial charge in [0.25, 0.3) is 0 Å². The predicted molar refractivity (Wildman–Crippen MR) is 115 cm³/mol. The fourth-order valence-corrected chi connectivity index (χ4v) is 3.27. The molecule has 0 aromatic heterocycles. The Hall–Kier alpha value is -3.60. The summed E-state index contributed by atoms with van der Waals surface area (Å²) < 4.78 is 15.7. The first-order valence-corrected chi connectivity index (χ1v) is 9.59. The fraction of sp³-hybridized carbons (Fsp3) is 0.200. The largest absolute Gasteiger partial charge is 0.497 e. The second kappa shape index (κ2) is 9.74. The lowest BCUT2D eigenvalue weighted by Gasteiger charge is -2.11. The summed E-state index contributed by atoms with van der Waals surface area (Å²) in [6.45, 7) is 0. The van der Waals surface area contributed by atoms with Gasteiger partial charge in [-0.1, -0.05) is 30.3 Å². The molecule has 0 heterocycles. The van der Waals surface area contributed by atoms with Crippen LogP contribution in [0, 0.1) is 0 Å². The monoisotopic (exact) mass is 404 g/mol. The Labute approximate surface area is 176 Å². The number of Topliss-reactive ketones (excluding diaryl/α,β-unsaturated/α-hetero) is 2. The van der Waals surface area contributed by atoms with Crippen molar-refractivity contribution < 1.29 is 23.8 Å². The average Bonchev–Trinajstić information content (AvgIpc) is 2.81. The maximum Gasteiger partial charge on any atom is 0.233 e. The van der Waals surface area contributed by atoms with Gasteiger partial charge in [0.2, 0.25) is 11.6 Å². The first-order valence-electron chi connectivity index (χ1n) is 9.59. The molecule has 0 atom stereocenters. The summed E-state index contributed by atoms with van der Waals surface area (Å²) in [5, 5.41) is 0. The molecule has 0 fully saturated rings. The van der Waals surface area contributed by atoms with Gasteiger partial charge in [-0.25, -0.2) is 0 Å². The zero-order chi connectivity index (χ0) is 21.5. The molecule has 0 spiro atoms. The van der Waals surface area contributed by atoms with Gasteiger partial charge >= 0.3 is 0 Å². The normalized spacial score (nSPS) is 10.4. The summed E-state index contributed by atoms with van der Waals surface area (Å²) in [6, 6.07) is 19.5. The number of hydrogen-bond donors (Lipinski definition) is 0. The van der Waals surface area contributed by atoms with E-state index in [4.69, 9.17) is 14.2 Å². The van der Waals surface area contributed by atoms with Crippen LogP contribution in [0.25, 0.3) is 0 Å². The Morgan fingerprint density at radius 3 is 2.07 bits per heavy atom. The van der Waals surface area contributed by atoms with Crippen LogP contribution in [0.4, 0.5) is 0 Å². The summed E-state index contributed by atoms with van der Waals surface area (Å²) in [4.78, 5) is 25.6. The Kier molecular flexibility index (Phi) is 6.86. The van der Waals surface area contributed by atoms with Gasteiger partial charge in [-0.15, -0.1) is 0 Å². The quantitative estimate of drug-likeness (QED) is 0.386. The highest BCUT2D eigenvalue weighted by molar-refractivity contribution is 6.49. The molecule has 0 saturated heterocycles. The second-order valence-corrected chi connectivity index (χ2v) is 6.73. The first-order chi connectivity index (χ1) is 14.6. The Balaban J connectivity index is 1.78. The molecule has 0 bridgehead atoms. The van der Waals surface area contributed by atoms with Crippen LogP contribution < -0.4 is 14.2 Å². The van der Waals surface area contributed by atoms with Crippen LogP contribution in [-0.4, -0.2) is 32.9 Å². The minimum absolute atomic E-state index is 0.343. The molecule has 3 aromatic carbocycles. The van der Waals surface area contributed by atoms with Crippen LogP contribution in [0.15, 0.2) is 66.7 Å². The second-order valence-electron chi connectivity index (χ2n) is 6.73. The number of carbonyl (C=O) groups is 2. The maximum absolute atomic E-state index is 12.9. The molecule has 30 heavy (non-hydrogen) atoms. The molecule has 3 rings (SSSR count). The smallest absolute Gasteiger partial charge is 0.233 e. The van der Waals surface area contributed by atoms with Crippen molar-refractivity contribution in [2.75, 3.05) is 21.3 Å². The Morgan fingerprint density at radius 1 is 0.700 bits per heavy atom. The lowest BCUT2D eigenvalue weighted by molar-refractivity contribution is 0.0816. The minimum Gasteiger partial charge on any atom is -0.497 e. The number of benzene rings is 3. The molecule has 0 aliphatic heterocycles. The lowest BCUT2D eigenvalue weighted by Crippen LogP contribution is -2.16. The first kappa shape index (κ1) is 21.1. The molecule has 0 aliphatic rings. The Bertz CT molecular complexity index is 1040. The average molecular weight is 404 g/mol. The number of hydrogen-bond acceptors (Lipinski definition) is 5. The van der Waals surface area contributed by atoms with E-state index in [-0.39, 0.29) is 0 Å². The highest BCUT2D eigenvalue weighted by Gasteiger charge is 2.21. The van der Waals surface area contributed by atoms with E-state index in [0.29, 0.717) is 41.2 Å². The minimum atomic E-state index is -0.531. The Morgan fingerprint density at radius 2 is 1.40 bits per heavy atom. The lowest BCUT2D eigenvalue weighted by atomic mass is 9.94. The molecule has 154 valence electrons. The van der Waals surface area contributed by atoms with Gasteiger partial charge < -0.3 is 14.2 Å². The maximum atomic E-state index is 12.9. The third-order valence-electron chi connectivity index (χ3n) is 4.95. The van der Waals surface area contributed by atoms with E-state index < -0.39 is 11.6 Å². The SMILES string of the molecule is COc1ccc(C(=O)C(=O)c2ccccc2CCc2ccc(OC)c(OC)c2)cc1. The van der Waals surface area contributed by atoms with Gasteiger partial charge in [-0.05, 0) is 60.4 Å². The molecule has 5 nitrogen and oxygen atoms in total. The van der Waals surface area contributed by atoms with Crippen LogP contribution in [-0.2, 0) is 12.8 Å². The van der Waals surface area contributed by atoms with Gasteiger partial charge in [-0.2, -0.15) is 0 Å². The zero-order valence-electron chi connectivity index (χ0n) is 17.3. The molecule has 3 aromatic rings. The summed E-state index contributed by atoms with van der Waals surface area (Å²) in [5.41, 5.74) is 2.66. The van der Waals surface area contributed by atoms with E-state index >= 15 is 0 Å². The number of ether oxygens (including phenoxy) is 3. The van der Waals surface area contributed by atoms with Crippen LogP contribution >= 0.6 is 0 Å². The molecular formula is C25H24O5. The van der Waals surface area contributed by atoms with Crippen molar-refractivity contribution in [3.63, 3.8) is 0 Å². The summed E-state index contributed by atoms with van der Waals surface area (Å²) >= 11 is 0. The van der Waals surface area contributed by atoms with E-state index in [1.807, 2.05) is 30.3 Å². The van der Waals surface area contributed by atoms with E-state index in [1.54, 1.807) is 57.7 Å². The van der Waals surface area contributed by atoms with Gasteiger partial charge in [0.1, 0.15) is 5.75 Å². The fourth-order valence-electron chi connectivity index (χ4n) is 3.27. The van der Waals surface area contributed by atoms with E-state index in [2.05, 4.69) is 0 Å². The van der Waals surface area contributed by atoms with Crippen molar-refractivity contribution in [2.24, 2.45) is 0 Å². The standard InChI is InChI=1S/C25H24O5/c1-28-20-13-11-19(12-14-20)24(26)25(27)21-7-5-4-6-18(21)10-8-17-9-15-22(29-2)23(16-17)30-3/h4-7,9,11-16H,8,10H2,1-3H3. The summed E-state index contributed by atoms with van der Waals surface area (Å²) in [5.74, 6) is 0.921. The van der Waals surface area contributed by atoms with Crippen LogP contribution in [0.2, 0.25) is 0 Å². The predicted octanol–water partition coefficient (Wildman–Crippen LogP) is 4.56. The number of methoxy groups -OCH3 is 3. The molecular weight excluding hydrogens is 380 g/mol. The third-order valence-corrected chi connectivity index (χ3v) is 4.95. The molecule has 0 N–H and O–H groups in total. The van der Waals surface area contributed by atoms with E-state index in [1.165, 1.54) is 0 Å². The molecule has 0 amide bonds. The van der Waals surface area contributed by atoms with Crippen molar-refractivity contribution >= 4 is 11.6 Å². The molecule has 5 heteroatoms. The van der Waals surface area contributed by atoms with Crippen molar-refractivity contribution in [1.82, 2.24) is 0 Å². The molecule has 0 saturated carbocycles. The van der Waals surface area contributed by atoms with Crippen LogP contribution in [0.3, 0.4) is 0 Å². The molecule has 0 aliphatic carbocycles. The van der Waals surface area contributed by atoms with Crippen LogP contribution in [0.1, 0.15) is 31.8 Å². The number of carbonyl (C=O) groups excluding carboxylic acids is 2. The molecule has 0 radical (unpaired) electrons. The van der Waals surface area contributed by atoms with Crippen molar-refractivity contribution in [3.8, 4) is 17.2 Å². The summed E-state index contributed by atoms with van der Waals surface area (Å²) in [6.07, 6.45) is 1.31. The number of rotatable bonds is 9. The van der Waals surface area contributed by atoms with E-state index in [0.717, 1.165) is 11.1 Å². The number of aryl methyl sites for hydroxylation is 2. The van der Waals surface area contributed by atoms with Crippen molar-refractivity contribution in [3.05, 3.63) is 89.0 Å². The van der Waals surface area contributed by atoms with Gasteiger partial charge in [-0.3, -0.25) is 9.59 Å². The van der Waals surface area contributed by atoms with Crippen molar-refractivity contribution in [1.29, 1.82) is 0 Å². The van der Waals surface area contributed by atoms with Gasteiger partial charge in [0, 0.05) is 11.1 Å². The van der Waals surface area contributed by atoms with Gasteiger partial charge in [0.15, 0.2) is 11.5 Å². The van der Waals surface area contributed by atoms with Crippen molar-refractivity contribution in [2.45, 2.75) is 12.8 Å². The zero-order valence-corrected chi connectivity index (χ0v) is 17.3. The van der Waals surface area contributed by atoms with Crippen LogP contribution in [0.5, 0.6) is 17.2 Å². The van der Waals surface area contributed by atoms with E-state index in [9.17, 15) is 9.59 Å². The topological polar surface area (TPSA) is 61.8 Å². The third kappa shape index (κ3) is 4.69. The number of ketones is 2. The highest BCUT2D eigenvalue weighted by Crippen LogP contribution is 2.28. The molecule has 0 unspecified atom stereocenters. The highest BCUT2D eigenvalue weighted by atomic mass is 16.5.